The monoisotopic (exact) mass is 498 g/mol. The van der Waals surface area contributed by atoms with Crippen molar-refractivity contribution >= 4 is 43.7 Å². The number of furan rings is 1. The minimum absolute atomic E-state index is 0.895. The Balaban J connectivity index is 1.35. The first kappa shape index (κ1) is 21.8. The van der Waals surface area contributed by atoms with Crippen molar-refractivity contribution in [1.29, 1.82) is 0 Å². The second-order valence-corrected chi connectivity index (χ2v) is 9.79. The first-order valence-electron chi connectivity index (χ1n) is 13.1. The zero-order chi connectivity index (χ0) is 25.8. The fraction of sp³-hybridized carbons (Fsp3) is 0. The lowest BCUT2D eigenvalue weighted by Crippen LogP contribution is -1.92. The molecule has 5 aromatic carbocycles. The third kappa shape index (κ3) is 3.52. The fourth-order valence-electron chi connectivity index (χ4n) is 5.59. The summed E-state index contributed by atoms with van der Waals surface area (Å²) in [5.74, 6) is 0. The van der Waals surface area contributed by atoms with Gasteiger partial charge in [-0.2, -0.15) is 0 Å². The zero-order valence-electron chi connectivity index (χ0n) is 21.0. The summed E-state index contributed by atoms with van der Waals surface area (Å²) < 4.78 is 6.38. The van der Waals surface area contributed by atoms with Crippen LogP contribution in [0.3, 0.4) is 0 Å². The second-order valence-electron chi connectivity index (χ2n) is 9.79. The largest absolute Gasteiger partial charge is 0.455 e. The topological polar surface area (TPSA) is 38.9 Å². The fourth-order valence-corrected chi connectivity index (χ4v) is 5.59. The molecule has 0 N–H and O–H groups in total. The molecule has 3 heterocycles. The lowest BCUT2D eigenvalue weighted by atomic mass is 9.95. The minimum atomic E-state index is 0.895. The lowest BCUT2D eigenvalue weighted by Gasteiger charge is -2.12. The van der Waals surface area contributed by atoms with Gasteiger partial charge in [-0.25, -0.2) is 9.97 Å². The summed E-state index contributed by atoms with van der Waals surface area (Å²) in [6.07, 6.45) is 0. The predicted molar refractivity (Wildman–Crippen MR) is 161 cm³/mol. The van der Waals surface area contributed by atoms with Crippen molar-refractivity contribution < 1.29 is 4.42 Å². The molecule has 3 aromatic heterocycles. The number of pyridine rings is 2. The maximum absolute atomic E-state index is 6.38. The van der Waals surface area contributed by atoms with Gasteiger partial charge < -0.3 is 4.42 Å². The van der Waals surface area contributed by atoms with Crippen molar-refractivity contribution in [3.8, 4) is 33.6 Å². The van der Waals surface area contributed by atoms with Gasteiger partial charge in [0.15, 0.2) is 0 Å². The molecule has 39 heavy (non-hydrogen) atoms. The number of fused-ring (bicyclic) bond motifs is 6. The lowest BCUT2D eigenvalue weighted by molar-refractivity contribution is 0.670. The van der Waals surface area contributed by atoms with Gasteiger partial charge >= 0.3 is 0 Å². The van der Waals surface area contributed by atoms with Crippen LogP contribution >= 0.6 is 0 Å². The molecule has 0 unspecified atom stereocenters. The molecule has 3 heteroatoms. The number of benzene rings is 5. The SMILES string of the molecule is c1ccc(-c2ccc3ccc4ccc(-c5ccccc5-c5cccc6c5oc5ccccc56)nc4c3n2)cc1. The molecule has 3 nitrogen and oxygen atoms in total. The molecular weight excluding hydrogens is 476 g/mol. The number of para-hydroxylation sites is 2. The summed E-state index contributed by atoms with van der Waals surface area (Å²) in [5.41, 5.74) is 9.76. The van der Waals surface area contributed by atoms with Gasteiger partial charge in [-0.05, 0) is 23.8 Å². The highest BCUT2D eigenvalue weighted by Gasteiger charge is 2.16. The molecule has 0 spiro atoms. The van der Waals surface area contributed by atoms with Gasteiger partial charge in [0.2, 0.25) is 0 Å². The average molecular weight is 499 g/mol. The zero-order valence-corrected chi connectivity index (χ0v) is 21.0. The van der Waals surface area contributed by atoms with Gasteiger partial charge in [-0.1, -0.05) is 115 Å². The molecular formula is C36H22N2O. The van der Waals surface area contributed by atoms with Crippen molar-refractivity contribution in [2.45, 2.75) is 0 Å². The third-order valence-electron chi connectivity index (χ3n) is 7.49. The van der Waals surface area contributed by atoms with Crippen LogP contribution in [0, 0.1) is 0 Å². The van der Waals surface area contributed by atoms with Crippen LogP contribution in [0.2, 0.25) is 0 Å². The predicted octanol–water partition coefficient (Wildman–Crippen LogP) is 9.68. The minimum Gasteiger partial charge on any atom is -0.455 e. The number of rotatable bonds is 3. The molecule has 0 aliphatic heterocycles. The van der Waals surface area contributed by atoms with E-state index in [9.17, 15) is 0 Å². The normalized spacial score (nSPS) is 11.6. The molecule has 0 aliphatic carbocycles. The van der Waals surface area contributed by atoms with Crippen LogP contribution in [0.25, 0.3) is 77.4 Å². The summed E-state index contributed by atoms with van der Waals surface area (Å²) in [6, 6.07) is 46.0. The average Bonchev–Trinajstić information content (AvgIpc) is 3.40. The Bertz CT molecular complexity index is 2180. The number of nitrogens with zero attached hydrogens (tertiary/aromatic N) is 2. The summed E-state index contributed by atoms with van der Waals surface area (Å²) in [4.78, 5) is 10.3. The molecule has 0 aliphatic rings. The summed E-state index contributed by atoms with van der Waals surface area (Å²) in [6.45, 7) is 0. The van der Waals surface area contributed by atoms with E-state index in [1.807, 2.05) is 30.3 Å². The van der Waals surface area contributed by atoms with Crippen LogP contribution < -0.4 is 0 Å². The van der Waals surface area contributed by atoms with Crippen LogP contribution in [0.1, 0.15) is 0 Å². The van der Waals surface area contributed by atoms with E-state index in [-0.39, 0.29) is 0 Å². The maximum atomic E-state index is 6.38. The Kier molecular flexibility index (Phi) is 4.82. The van der Waals surface area contributed by atoms with E-state index >= 15 is 0 Å². The molecule has 0 fully saturated rings. The third-order valence-corrected chi connectivity index (χ3v) is 7.49. The van der Waals surface area contributed by atoms with E-state index in [1.165, 1.54) is 0 Å². The number of hydrogen-bond donors (Lipinski definition) is 0. The van der Waals surface area contributed by atoms with E-state index in [0.717, 1.165) is 77.4 Å². The quantitative estimate of drug-likeness (QED) is 0.228. The molecule has 182 valence electrons. The maximum Gasteiger partial charge on any atom is 0.143 e. The van der Waals surface area contributed by atoms with Gasteiger partial charge in [-0.3, -0.25) is 0 Å². The molecule has 0 atom stereocenters. The Hall–Kier alpha value is -5.28. The Morgan fingerprint density at radius 2 is 1.00 bits per heavy atom. The van der Waals surface area contributed by atoms with E-state index in [4.69, 9.17) is 14.4 Å². The molecule has 0 amide bonds. The van der Waals surface area contributed by atoms with Gasteiger partial charge in [0, 0.05) is 38.2 Å². The van der Waals surface area contributed by atoms with Gasteiger partial charge in [0.25, 0.3) is 0 Å². The molecule has 8 aromatic rings. The van der Waals surface area contributed by atoms with Crippen LogP contribution in [-0.4, -0.2) is 9.97 Å². The van der Waals surface area contributed by atoms with Gasteiger partial charge in [-0.15, -0.1) is 0 Å². The Morgan fingerprint density at radius 3 is 1.82 bits per heavy atom. The molecule has 8 rings (SSSR count). The first-order chi connectivity index (χ1) is 19.3. The first-order valence-corrected chi connectivity index (χ1v) is 13.1. The van der Waals surface area contributed by atoms with E-state index in [0.29, 0.717) is 0 Å². The Morgan fingerprint density at radius 1 is 0.410 bits per heavy atom. The molecule has 0 saturated carbocycles. The van der Waals surface area contributed by atoms with Crippen molar-refractivity contribution in [1.82, 2.24) is 9.97 Å². The standard InChI is InChI=1S/C36H22N2O/c1-2-9-23(10-3-1)31-21-19-24-17-18-25-20-22-32(38-35(25)34(24)37-31)27-12-5-4-11-26(27)29-14-8-15-30-28-13-6-7-16-33(28)39-36(29)30/h1-22H. The van der Waals surface area contributed by atoms with Gasteiger partial charge in [0.05, 0.1) is 22.4 Å². The molecule has 0 radical (unpaired) electrons. The van der Waals surface area contributed by atoms with E-state index in [1.54, 1.807) is 0 Å². The van der Waals surface area contributed by atoms with Crippen molar-refractivity contribution in [3.63, 3.8) is 0 Å². The molecule has 0 bridgehead atoms. The van der Waals surface area contributed by atoms with Crippen molar-refractivity contribution in [3.05, 3.63) is 133 Å². The Labute approximate surface area is 225 Å². The highest BCUT2D eigenvalue weighted by atomic mass is 16.3. The van der Waals surface area contributed by atoms with Crippen LogP contribution in [0.5, 0.6) is 0 Å². The highest BCUT2D eigenvalue weighted by molar-refractivity contribution is 6.11. The number of hydrogen-bond acceptors (Lipinski definition) is 3. The second kappa shape index (κ2) is 8.64. The molecule has 0 saturated heterocycles. The summed E-state index contributed by atoms with van der Waals surface area (Å²) in [7, 11) is 0. The summed E-state index contributed by atoms with van der Waals surface area (Å²) >= 11 is 0. The van der Waals surface area contributed by atoms with E-state index in [2.05, 4.69) is 103 Å². The number of aromatic nitrogens is 2. The van der Waals surface area contributed by atoms with Crippen molar-refractivity contribution in [2.24, 2.45) is 0 Å². The van der Waals surface area contributed by atoms with Crippen molar-refractivity contribution in [2.75, 3.05) is 0 Å². The smallest absolute Gasteiger partial charge is 0.143 e. The van der Waals surface area contributed by atoms with Gasteiger partial charge in [0.1, 0.15) is 11.2 Å². The van der Waals surface area contributed by atoms with E-state index < -0.39 is 0 Å². The van der Waals surface area contributed by atoms with Crippen LogP contribution in [0.4, 0.5) is 0 Å². The van der Waals surface area contributed by atoms with Crippen LogP contribution in [0.15, 0.2) is 138 Å². The summed E-state index contributed by atoms with van der Waals surface area (Å²) in [5, 5.41) is 4.39. The highest BCUT2D eigenvalue weighted by Crippen LogP contribution is 2.40. The van der Waals surface area contributed by atoms with Crippen LogP contribution in [-0.2, 0) is 0 Å².